The van der Waals surface area contributed by atoms with Crippen LogP contribution in [-0.4, -0.2) is 19.2 Å². The van der Waals surface area contributed by atoms with Crippen molar-refractivity contribution < 1.29 is 23.0 Å². The molecule has 1 saturated carbocycles. The van der Waals surface area contributed by atoms with Crippen molar-refractivity contribution in [3.8, 4) is 0 Å². The van der Waals surface area contributed by atoms with E-state index in [0.29, 0.717) is 5.56 Å². The summed E-state index contributed by atoms with van der Waals surface area (Å²) in [5, 5.41) is 0. The normalized spacial score (nSPS) is 22.6. The minimum absolute atomic E-state index is 0.0142. The van der Waals surface area contributed by atoms with E-state index in [0.717, 1.165) is 31.7 Å². The van der Waals surface area contributed by atoms with E-state index in [4.69, 9.17) is 9.47 Å². The van der Waals surface area contributed by atoms with Crippen LogP contribution in [0.5, 0.6) is 0 Å². The third-order valence-corrected chi connectivity index (χ3v) is 3.70. The predicted molar refractivity (Wildman–Crippen MR) is 68.9 cm³/mol. The molecule has 5 heteroatoms. The molecule has 2 rings (SSSR count). The largest absolute Gasteiger partial charge is 0.469 e. The van der Waals surface area contributed by atoms with Crippen molar-refractivity contribution in [1.29, 1.82) is 0 Å². The molecule has 0 bridgehead atoms. The molecule has 0 amide bonds. The van der Waals surface area contributed by atoms with Gasteiger partial charge in [-0.15, -0.1) is 0 Å². The Hall–Kier alpha value is -1.49. The summed E-state index contributed by atoms with van der Waals surface area (Å²) in [6.07, 6.45) is 2.97. The maximum atomic E-state index is 13.4. The van der Waals surface area contributed by atoms with Crippen molar-refractivity contribution in [3.05, 3.63) is 35.4 Å². The molecule has 0 spiro atoms. The molecule has 20 heavy (non-hydrogen) atoms. The number of carbonyl (C=O) groups excluding carboxylic acids is 1. The van der Waals surface area contributed by atoms with Crippen molar-refractivity contribution >= 4 is 5.97 Å². The predicted octanol–water partition coefficient (Wildman–Crippen LogP) is 3.21. The number of esters is 1. The standard InChI is InChI=1S/C15H18F2O3/c1-19-15(18)10-3-6-13(7-4-10)20-9-11-2-5-12(16)8-14(11)17/h2,5,8,10,13H,3-4,6-7,9H2,1H3. The molecule has 0 N–H and O–H groups in total. The van der Waals surface area contributed by atoms with Crippen LogP contribution in [0.3, 0.4) is 0 Å². The summed E-state index contributed by atoms with van der Waals surface area (Å²) in [6.45, 7) is 0.125. The summed E-state index contributed by atoms with van der Waals surface area (Å²) in [5.74, 6) is -1.41. The number of methoxy groups -OCH3 is 1. The van der Waals surface area contributed by atoms with E-state index in [9.17, 15) is 13.6 Å². The average Bonchev–Trinajstić information content (AvgIpc) is 2.46. The summed E-state index contributed by atoms with van der Waals surface area (Å²) in [7, 11) is 1.39. The van der Waals surface area contributed by atoms with Gasteiger partial charge in [0.25, 0.3) is 0 Å². The SMILES string of the molecule is COC(=O)C1CCC(OCc2ccc(F)cc2F)CC1. The highest BCUT2D eigenvalue weighted by molar-refractivity contribution is 5.72. The molecule has 110 valence electrons. The second kappa shape index (κ2) is 6.79. The van der Waals surface area contributed by atoms with Gasteiger partial charge < -0.3 is 9.47 Å². The lowest BCUT2D eigenvalue weighted by atomic mass is 9.87. The Morgan fingerprint density at radius 2 is 1.95 bits per heavy atom. The maximum absolute atomic E-state index is 13.4. The van der Waals surface area contributed by atoms with Gasteiger partial charge in [-0.25, -0.2) is 8.78 Å². The van der Waals surface area contributed by atoms with Gasteiger partial charge in [-0.3, -0.25) is 4.79 Å². The Kier molecular flexibility index (Phi) is 5.06. The topological polar surface area (TPSA) is 35.5 Å². The molecular formula is C15H18F2O3. The second-order valence-corrected chi connectivity index (χ2v) is 5.04. The van der Waals surface area contributed by atoms with Gasteiger partial charge in [0.05, 0.1) is 25.7 Å². The molecule has 0 aromatic heterocycles. The summed E-state index contributed by atoms with van der Waals surface area (Å²) >= 11 is 0. The van der Waals surface area contributed by atoms with Crippen LogP contribution >= 0.6 is 0 Å². The van der Waals surface area contributed by atoms with Gasteiger partial charge >= 0.3 is 5.97 Å². The quantitative estimate of drug-likeness (QED) is 0.796. The van der Waals surface area contributed by atoms with Gasteiger partial charge in [-0.2, -0.15) is 0 Å². The van der Waals surface area contributed by atoms with E-state index >= 15 is 0 Å². The zero-order valence-corrected chi connectivity index (χ0v) is 11.4. The molecule has 1 fully saturated rings. The second-order valence-electron chi connectivity index (χ2n) is 5.04. The zero-order chi connectivity index (χ0) is 14.5. The Morgan fingerprint density at radius 1 is 1.25 bits per heavy atom. The van der Waals surface area contributed by atoms with Crippen LogP contribution in [0, 0.1) is 17.6 Å². The lowest BCUT2D eigenvalue weighted by Crippen LogP contribution is -2.27. The molecule has 1 aromatic carbocycles. The third kappa shape index (κ3) is 3.76. The van der Waals surface area contributed by atoms with Crippen LogP contribution in [0.2, 0.25) is 0 Å². The lowest BCUT2D eigenvalue weighted by molar-refractivity contribution is -0.147. The molecule has 0 atom stereocenters. The minimum atomic E-state index is -0.593. The fourth-order valence-corrected chi connectivity index (χ4v) is 2.48. The smallest absolute Gasteiger partial charge is 0.308 e. The summed E-state index contributed by atoms with van der Waals surface area (Å²) < 4.78 is 36.6. The summed E-state index contributed by atoms with van der Waals surface area (Å²) in [4.78, 5) is 11.4. The van der Waals surface area contributed by atoms with E-state index < -0.39 is 11.6 Å². The van der Waals surface area contributed by atoms with Crippen LogP contribution in [-0.2, 0) is 20.9 Å². The van der Waals surface area contributed by atoms with Gasteiger partial charge in [-0.1, -0.05) is 6.07 Å². The maximum Gasteiger partial charge on any atom is 0.308 e. The van der Waals surface area contributed by atoms with Crippen molar-refractivity contribution in [1.82, 2.24) is 0 Å². The minimum Gasteiger partial charge on any atom is -0.469 e. The van der Waals surface area contributed by atoms with Gasteiger partial charge in [0.2, 0.25) is 0 Å². The highest BCUT2D eigenvalue weighted by Crippen LogP contribution is 2.27. The van der Waals surface area contributed by atoms with E-state index in [1.807, 2.05) is 0 Å². The van der Waals surface area contributed by atoms with Crippen LogP contribution in [0.1, 0.15) is 31.2 Å². The first kappa shape index (κ1) is 14.9. The first-order chi connectivity index (χ1) is 9.60. The first-order valence-electron chi connectivity index (χ1n) is 6.73. The molecule has 1 aromatic rings. The Balaban J connectivity index is 1.80. The third-order valence-electron chi connectivity index (χ3n) is 3.70. The fraction of sp³-hybridized carbons (Fsp3) is 0.533. The van der Waals surface area contributed by atoms with Crippen molar-refractivity contribution in [2.45, 2.75) is 38.4 Å². The number of hydrogen-bond acceptors (Lipinski definition) is 3. The summed E-state index contributed by atoms with van der Waals surface area (Å²) in [6, 6.07) is 3.47. The monoisotopic (exact) mass is 284 g/mol. The molecule has 3 nitrogen and oxygen atoms in total. The van der Waals surface area contributed by atoms with Gasteiger partial charge in [0.1, 0.15) is 11.6 Å². The fourth-order valence-electron chi connectivity index (χ4n) is 2.48. The first-order valence-corrected chi connectivity index (χ1v) is 6.73. The molecule has 0 saturated heterocycles. The van der Waals surface area contributed by atoms with Crippen molar-refractivity contribution in [2.24, 2.45) is 5.92 Å². The Morgan fingerprint density at radius 3 is 2.55 bits per heavy atom. The van der Waals surface area contributed by atoms with Gasteiger partial charge in [-0.05, 0) is 31.7 Å². The molecule has 1 aliphatic carbocycles. The molecule has 0 heterocycles. The highest BCUT2D eigenvalue weighted by atomic mass is 19.1. The Bertz CT molecular complexity index is 468. The van der Waals surface area contributed by atoms with E-state index in [2.05, 4.69) is 0 Å². The van der Waals surface area contributed by atoms with Crippen LogP contribution in [0.4, 0.5) is 8.78 Å². The Labute approximate surface area is 116 Å². The number of ether oxygens (including phenoxy) is 2. The molecule has 0 unspecified atom stereocenters. The molecular weight excluding hydrogens is 266 g/mol. The van der Waals surface area contributed by atoms with Gasteiger partial charge in [0.15, 0.2) is 0 Å². The van der Waals surface area contributed by atoms with Crippen molar-refractivity contribution in [3.63, 3.8) is 0 Å². The van der Waals surface area contributed by atoms with Crippen LogP contribution in [0.25, 0.3) is 0 Å². The lowest BCUT2D eigenvalue weighted by Gasteiger charge is -2.27. The van der Waals surface area contributed by atoms with Crippen LogP contribution in [0.15, 0.2) is 18.2 Å². The van der Waals surface area contributed by atoms with E-state index in [-0.39, 0.29) is 24.6 Å². The van der Waals surface area contributed by atoms with E-state index in [1.165, 1.54) is 19.2 Å². The number of hydrogen-bond donors (Lipinski definition) is 0. The molecule has 0 aliphatic heterocycles. The van der Waals surface area contributed by atoms with E-state index in [1.54, 1.807) is 0 Å². The van der Waals surface area contributed by atoms with Gasteiger partial charge in [0, 0.05) is 11.6 Å². The van der Waals surface area contributed by atoms with Crippen molar-refractivity contribution in [2.75, 3.05) is 7.11 Å². The summed E-state index contributed by atoms with van der Waals surface area (Å²) in [5.41, 5.74) is 0.349. The average molecular weight is 284 g/mol. The number of benzene rings is 1. The zero-order valence-electron chi connectivity index (χ0n) is 11.4. The molecule has 0 radical (unpaired) electrons. The number of carbonyl (C=O) groups is 1. The number of halogens is 2. The van der Waals surface area contributed by atoms with Crippen LogP contribution < -0.4 is 0 Å². The highest BCUT2D eigenvalue weighted by Gasteiger charge is 2.27. The number of rotatable bonds is 4. The molecule has 1 aliphatic rings.